The Morgan fingerprint density at radius 3 is 2.36 bits per heavy atom. The van der Waals surface area contributed by atoms with Gasteiger partial charge < -0.3 is 15.5 Å². The summed E-state index contributed by atoms with van der Waals surface area (Å²) in [4.78, 5) is 10.2. The Kier molecular flexibility index (Phi) is 5.47. The minimum absolute atomic E-state index is 0.142. The van der Waals surface area contributed by atoms with Crippen LogP contribution in [0.15, 0.2) is 0 Å². The summed E-state index contributed by atoms with van der Waals surface area (Å²) in [5.41, 5.74) is 0. The molecule has 0 fully saturated rings. The number of rotatable bonds is 6. The Labute approximate surface area is 78.7 Å². The largest absolute Gasteiger partial charge is 0.481 e. The summed E-state index contributed by atoms with van der Waals surface area (Å²) < 4.78 is 36.0. The molecule has 14 heavy (non-hydrogen) atoms. The van der Waals surface area contributed by atoms with Crippen LogP contribution < -0.4 is 5.32 Å². The fourth-order valence-corrected chi connectivity index (χ4v) is 0.794. The van der Waals surface area contributed by atoms with Crippen LogP contribution in [0.4, 0.5) is 13.2 Å². The van der Waals surface area contributed by atoms with Gasteiger partial charge in [-0.25, -0.2) is 0 Å². The maximum absolute atomic E-state index is 12.0. The van der Waals surface area contributed by atoms with E-state index < -0.39 is 24.6 Å². The highest BCUT2D eigenvalue weighted by atomic mass is 19.4. The molecule has 0 saturated heterocycles. The van der Waals surface area contributed by atoms with Gasteiger partial charge in [0.25, 0.3) is 0 Å². The average Bonchev–Trinajstić information content (AvgIpc) is 2.01. The predicted octanol–water partition coefficient (Wildman–Crippen LogP) is 0.222. The molecule has 4 nitrogen and oxygen atoms in total. The molecular formula is C7H12F3NO3. The van der Waals surface area contributed by atoms with Crippen LogP contribution in [0.25, 0.3) is 0 Å². The molecule has 7 heteroatoms. The van der Waals surface area contributed by atoms with Gasteiger partial charge in [0, 0.05) is 13.2 Å². The van der Waals surface area contributed by atoms with Crippen LogP contribution >= 0.6 is 0 Å². The average molecular weight is 215 g/mol. The van der Waals surface area contributed by atoms with E-state index in [2.05, 4.69) is 5.32 Å². The fraction of sp³-hybridized carbons (Fsp3) is 0.857. The monoisotopic (exact) mass is 215 g/mol. The van der Waals surface area contributed by atoms with E-state index in [0.29, 0.717) is 6.42 Å². The molecule has 0 aromatic carbocycles. The first-order chi connectivity index (χ1) is 6.39. The summed E-state index contributed by atoms with van der Waals surface area (Å²) in [7, 11) is 0. The van der Waals surface area contributed by atoms with Crippen LogP contribution in [0.3, 0.4) is 0 Å². The summed E-state index contributed by atoms with van der Waals surface area (Å²) in [6, 6.07) is 0. The second-order valence-corrected chi connectivity index (χ2v) is 2.71. The number of nitrogens with one attached hydrogen (secondary N) is 1. The van der Waals surface area contributed by atoms with E-state index in [9.17, 15) is 18.0 Å². The van der Waals surface area contributed by atoms with Gasteiger partial charge in [-0.1, -0.05) is 0 Å². The smallest absolute Gasteiger partial charge is 0.403 e. The van der Waals surface area contributed by atoms with Crippen LogP contribution in [-0.2, 0) is 4.79 Å². The molecule has 0 aliphatic heterocycles. The maximum Gasteiger partial charge on any atom is 0.403 e. The van der Waals surface area contributed by atoms with Crippen molar-refractivity contribution in [2.75, 3.05) is 19.7 Å². The van der Waals surface area contributed by atoms with Gasteiger partial charge in [0.1, 0.15) is 0 Å². The van der Waals surface area contributed by atoms with Crippen molar-refractivity contribution in [1.82, 2.24) is 5.32 Å². The minimum atomic E-state index is -4.74. The summed E-state index contributed by atoms with van der Waals surface area (Å²) in [6.45, 7) is -0.647. The molecule has 0 amide bonds. The van der Waals surface area contributed by atoms with Crippen molar-refractivity contribution in [1.29, 1.82) is 0 Å². The molecule has 0 aliphatic rings. The molecule has 0 aromatic rings. The van der Waals surface area contributed by atoms with Crippen molar-refractivity contribution in [2.45, 2.75) is 12.6 Å². The van der Waals surface area contributed by atoms with Crippen molar-refractivity contribution in [3.05, 3.63) is 0 Å². The summed E-state index contributed by atoms with van der Waals surface area (Å²) >= 11 is 0. The molecule has 0 aliphatic carbocycles. The molecule has 3 N–H and O–H groups in total. The van der Waals surface area contributed by atoms with Gasteiger partial charge in [0.05, 0.1) is 0 Å². The predicted molar refractivity (Wildman–Crippen MR) is 41.8 cm³/mol. The third kappa shape index (κ3) is 5.03. The molecule has 0 aromatic heterocycles. The zero-order valence-electron chi connectivity index (χ0n) is 7.34. The second-order valence-electron chi connectivity index (χ2n) is 2.71. The standard InChI is InChI=1S/C7H12F3NO3/c8-7(9,10)5(6(13)14)4-11-2-1-3-12/h5,11-12H,1-4H2,(H,13,14). The number of aliphatic hydroxyl groups excluding tert-OH is 1. The lowest BCUT2D eigenvalue weighted by atomic mass is 10.1. The van der Waals surface area contributed by atoms with Gasteiger partial charge in [0.2, 0.25) is 0 Å². The molecule has 0 heterocycles. The summed E-state index contributed by atoms with van der Waals surface area (Å²) in [6.07, 6.45) is -4.44. The van der Waals surface area contributed by atoms with E-state index in [4.69, 9.17) is 10.2 Å². The van der Waals surface area contributed by atoms with Crippen molar-refractivity contribution >= 4 is 5.97 Å². The van der Waals surface area contributed by atoms with E-state index in [-0.39, 0.29) is 13.2 Å². The first kappa shape index (κ1) is 13.2. The highest BCUT2D eigenvalue weighted by Crippen LogP contribution is 2.25. The normalized spacial score (nSPS) is 14.0. The quantitative estimate of drug-likeness (QED) is 0.554. The first-order valence-corrected chi connectivity index (χ1v) is 4.00. The Morgan fingerprint density at radius 1 is 1.43 bits per heavy atom. The van der Waals surface area contributed by atoms with Crippen LogP contribution in [0.2, 0.25) is 0 Å². The minimum Gasteiger partial charge on any atom is -0.481 e. The summed E-state index contributed by atoms with van der Waals surface area (Å²) in [5, 5.41) is 18.9. The van der Waals surface area contributed by atoms with E-state index in [1.165, 1.54) is 0 Å². The number of hydrogen-bond acceptors (Lipinski definition) is 3. The number of alkyl halides is 3. The number of carboxylic acid groups (broad SMARTS) is 1. The zero-order valence-corrected chi connectivity index (χ0v) is 7.34. The summed E-state index contributed by atoms with van der Waals surface area (Å²) in [5.74, 6) is -4.28. The van der Waals surface area contributed by atoms with Gasteiger partial charge in [-0.15, -0.1) is 0 Å². The topological polar surface area (TPSA) is 69.6 Å². The molecule has 1 atom stereocenters. The molecule has 0 bridgehead atoms. The van der Waals surface area contributed by atoms with E-state index in [1.807, 2.05) is 0 Å². The number of carboxylic acids is 1. The lowest BCUT2D eigenvalue weighted by Crippen LogP contribution is -2.39. The van der Waals surface area contributed by atoms with E-state index >= 15 is 0 Å². The maximum atomic E-state index is 12.0. The van der Waals surface area contributed by atoms with Crippen LogP contribution in [-0.4, -0.2) is 42.1 Å². The van der Waals surface area contributed by atoms with Crippen molar-refractivity contribution in [2.24, 2.45) is 5.92 Å². The Bertz CT molecular complexity index is 184. The van der Waals surface area contributed by atoms with E-state index in [1.54, 1.807) is 0 Å². The van der Waals surface area contributed by atoms with Crippen LogP contribution in [0.5, 0.6) is 0 Å². The molecule has 0 saturated carbocycles. The number of aliphatic carboxylic acids is 1. The van der Waals surface area contributed by atoms with Gasteiger partial charge in [0.15, 0.2) is 5.92 Å². The zero-order chi connectivity index (χ0) is 11.2. The molecule has 0 radical (unpaired) electrons. The first-order valence-electron chi connectivity index (χ1n) is 4.00. The molecule has 0 spiro atoms. The molecule has 0 rings (SSSR count). The number of halogens is 3. The lowest BCUT2D eigenvalue weighted by Gasteiger charge is -2.16. The number of aliphatic hydroxyl groups is 1. The highest BCUT2D eigenvalue weighted by molar-refractivity contribution is 5.71. The van der Waals surface area contributed by atoms with Crippen molar-refractivity contribution < 1.29 is 28.2 Å². The fourth-order valence-electron chi connectivity index (χ4n) is 0.794. The Balaban J connectivity index is 3.94. The Hall–Kier alpha value is -0.820. The van der Waals surface area contributed by atoms with Crippen LogP contribution in [0.1, 0.15) is 6.42 Å². The third-order valence-corrected chi connectivity index (χ3v) is 1.55. The van der Waals surface area contributed by atoms with E-state index in [0.717, 1.165) is 0 Å². The van der Waals surface area contributed by atoms with Crippen molar-refractivity contribution in [3.63, 3.8) is 0 Å². The molecule has 1 unspecified atom stereocenters. The molecule has 84 valence electrons. The van der Waals surface area contributed by atoms with Crippen molar-refractivity contribution in [3.8, 4) is 0 Å². The number of hydrogen-bond donors (Lipinski definition) is 3. The lowest BCUT2D eigenvalue weighted by molar-refractivity contribution is -0.192. The number of carbonyl (C=O) groups is 1. The Morgan fingerprint density at radius 2 is 2.00 bits per heavy atom. The third-order valence-electron chi connectivity index (χ3n) is 1.55. The molecular weight excluding hydrogens is 203 g/mol. The van der Waals surface area contributed by atoms with Gasteiger partial charge in [-0.3, -0.25) is 4.79 Å². The SMILES string of the molecule is O=C(O)C(CNCCCO)C(F)(F)F. The second kappa shape index (κ2) is 5.82. The van der Waals surface area contributed by atoms with Gasteiger partial charge >= 0.3 is 12.1 Å². The van der Waals surface area contributed by atoms with Gasteiger partial charge in [-0.05, 0) is 13.0 Å². The highest BCUT2D eigenvalue weighted by Gasteiger charge is 2.44. The van der Waals surface area contributed by atoms with Crippen LogP contribution in [0, 0.1) is 5.92 Å². The van der Waals surface area contributed by atoms with Gasteiger partial charge in [-0.2, -0.15) is 13.2 Å².